The number of fused-ring (bicyclic) bond motifs is 1. The van der Waals surface area contributed by atoms with Crippen LogP contribution in [-0.2, 0) is 18.9 Å². The van der Waals surface area contributed by atoms with Crippen molar-refractivity contribution in [3.8, 4) is 11.4 Å². The zero-order valence-electron chi connectivity index (χ0n) is 20.9. The summed E-state index contributed by atoms with van der Waals surface area (Å²) in [7, 11) is 0. The number of anilines is 2. The van der Waals surface area contributed by atoms with E-state index in [9.17, 15) is 26.3 Å². The molecule has 0 bridgehead atoms. The molecule has 204 valence electrons. The van der Waals surface area contributed by atoms with Gasteiger partial charge in [0.25, 0.3) is 0 Å². The first-order valence-corrected chi connectivity index (χ1v) is 12.5. The molecule has 1 atom stereocenters. The Kier molecular flexibility index (Phi) is 7.19. The molecular formula is C28H25F6N5. The molecule has 1 aliphatic rings. The first-order valence-electron chi connectivity index (χ1n) is 12.5. The molecule has 0 spiro atoms. The number of halogens is 6. The van der Waals surface area contributed by atoms with Crippen LogP contribution in [0.1, 0.15) is 43.0 Å². The lowest BCUT2D eigenvalue weighted by atomic mass is 10.0. The third-order valence-corrected chi connectivity index (χ3v) is 6.88. The van der Waals surface area contributed by atoms with Crippen molar-refractivity contribution in [3.63, 3.8) is 0 Å². The third-order valence-electron chi connectivity index (χ3n) is 6.88. The van der Waals surface area contributed by atoms with Crippen LogP contribution in [0.5, 0.6) is 0 Å². The summed E-state index contributed by atoms with van der Waals surface area (Å²) in [5, 5.41) is 3.66. The van der Waals surface area contributed by atoms with Crippen molar-refractivity contribution in [3.05, 3.63) is 77.6 Å². The number of hydrogen-bond acceptors (Lipinski definition) is 5. The lowest BCUT2D eigenvalue weighted by Gasteiger charge is -2.33. The van der Waals surface area contributed by atoms with Crippen molar-refractivity contribution in [1.29, 1.82) is 0 Å². The van der Waals surface area contributed by atoms with Crippen LogP contribution < -0.4 is 5.32 Å². The first-order chi connectivity index (χ1) is 18.5. The fourth-order valence-corrected chi connectivity index (χ4v) is 4.81. The van der Waals surface area contributed by atoms with E-state index in [1.54, 1.807) is 6.07 Å². The SMILES string of the molecule is CC1CCCCN1Cc1cc(Nc2ccc(C(F)(F)F)cc2)c2ccc(-c3ncccc3C(F)(F)F)nc2n1. The second-order valence-electron chi connectivity index (χ2n) is 9.64. The number of piperidine rings is 1. The molecule has 39 heavy (non-hydrogen) atoms. The van der Waals surface area contributed by atoms with Gasteiger partial charge in [-0.2, -0.15) is 26.3 Å². The number of pyridine rings is 3. The Morgan fingerprint density at radius 3 is 2.38 bits per heavy atom. The highest BCUT2D eigenvalue weighted by molar-refractivity contribution is 5.92. The average molecular weight is 546 g/mol. The molecule has 4 aromatic rings. The van der Waals surface area contributed by atoms with Gasteiger partial charge in [0, 0.05) is 29.9 Å². The second kappa shape index (κ2) is 10.4. The molecule has 1 aliphatic heterocycles. The molecule has 5 rings (SSSR count). The zero-order chi connectivity index (χ0) is 27.8. The van der Waals surface area contributed by atoms with Crippen molar-refractivity contribution in [2.75, 3.05) is 11.9 Å². The summed E-state index contributed by atoms with van der Waals surface area (Å²) in [6.45, 7) is 3.53. The van der Waals surface area contributed by atoms with Gasteiger partial charge in [-0.1, -0.05) is 6.42 Å². The minimum absolute atomic E-state index is 0.0203. The van der Waals surface area contributed by atoms with Crippen molar-refractivity contribution in [2.24, 2.45) is 0 Å². The lowest BCUT2D eigenvalue weighted by molar-refractivity contribution is -0.138. The smallest absolute Gasteiger partial charge is 0.355 e. The predicted octanol–water partition coefficient (Wildman–Crippen LogP) is 7.85. The van der Waals surface area contributed by atoms with Gasteiger partial charge in [-0.3, -0.25) is 9.88 Å². The monoisotopic (exact) mass is 545 g/mol. The van der Waals surface area contributed by atoms with Crippen molar-refractivity contribution in [2.45, 2.75) is 51.1 Å². The Hall–Kier alpha value is -3.73. The largest absolute Gasteiger partial charge is 0.418 e. The Morgan fingerprint density at radius 2 is 1.69 bits per heavy atom. The van der Waals surface area contributed by atoms with Gasteiger partial charge < -0.3 is 5.32 Å². The fraction of sp³-hybridized carbons (Fsp3) is 0.321. The molecular weight excluding hydrogens is 520 g/mol. The Labute approximate surface area is 220 Å². The van der Waals surface area contributed by atoms with E-state index in [0.29, 0.717) is 35.0 Å². The average Bonchev–Trinajstić information content (AvgIpc) is 2.89. The third kappa shape index (κ3) is 5.98. The highest BCUT2D eigenvalue weighted by Crippen LogP contribution is 2.37. The maximum Gasteiger partial charge on any atom is 0.418 e. The normalized spacial score (nSPS) is 16.9. The van der Waals surface area contributed by atoms with E-state index in [1.165, 1.54) is 30.5 Å². The summed E-state index contributed by atoms with van der Waals surface area (Å²) in [6, 6.07) is 12.0. The van der Waals surface area contributed by atoms with E-state index < -0.39 is 23.5 Å². The quantitative estimate of drug-likeness (QED) is 0.259. The van der Waals surface area contributed by atoms with Gasteiger partial charge in [0.1, 0.15) is 5.69 Å². The maximum atomic E-state index is 13.6. The zero-order valence-corrected chi connectivity index (χ0v) is 20.9. The van der Waals surface area contributed by atoms with Gasteiger partial charge in [0.2, 0.25) is 0 Å². The van der Waals surface area contributed by atoms with E-state index in [4.69, 9.17) is 0 Å². The van der Waals surface area contributed by atoms with Crippen molar-refractivity contribution < 1.29 is 26.3 Å². The Morgan fingerprint density at radius 1 is 0.923 bits per heavy atom. The van der Waals surface area contributed by atoms with Gasteiger partial charge >= 0.3 is 12.4 Å². The first kappa shape index (κ1) is 26.9. The Balaban J connectivity index is 1.58. The van der Waals surface area contributed by atoms with Gasteiger partial charge in [0.05, 0.1) is 28.2 Å². The van der Waals surface area contributed by atoms with Gasteiger partial charge in [-0.15, -0.1) is 0 Å². The topological polar surface area (TPSA) is 53.9 Å². The highest BCUT2D eigenvalue weighted by Gasteiger charge is 2.35. The van der Waals surface area contributed by atoms with E-state index in [2.05, 4.69) is 32.1 Å². The van der Waals surface area contributed by atoms with Crippen LogP contribution in [0.4, 0.5) is 37.7 Å². The lowest BCUT2D eigenvalue weighted by Crippen LogP contribution is -2.37. The van der Waals surface area contributed by atoms with Crippen LogP contribution in [0.15, 0.2) is 60.8 Å². The molecule has 1 N–H and O–H groups in total. The minimum Gasteiger partial charge on any atom is -0.355 e. The summed E-state index contributed by atoms with van der Waals surface area (Å²) in [5.41, 5.74) is -0.146. The van der Waals surface area contributed by atoms with Gasteiger partial charge in [0.15, 0.2) is 5.65 Å². The standard InChI is InChI=1S/C28H25F6N5/c1-17-5-2-3-14-39(17)16-20-15-24(36-19-9-7-18(8-10-19)27(29,30)31)21-11-12-23(38-26(21)37-20)25-22(28(32,33)34)6-4-13-35-25/h4,6-13,15,17H,2-3,5,14,16H2,1H3,(H,36,37,38). The van der Waals surface area contributed by atoms with Crippen LogP contribution in [0.25, 0.3) is 22.4 Å². The predicted molar refractivity (Wildman–Crippen MR) is 136 cm³/mol. The number of nitrogens with one attached hydrogen (secondary N) is 1. The van der Waals surface area contributed by atoms with Crippen molar-refractivity contribution >= 4 is 22.4 Å². The second-order valence-corrected chi connectivity index (χ2v) is 9.64. The number of alkyl halides is 6. The molecule has 4 heterocycles. The van der Waals surface area contributed by atoms with Gasteiger partial charge in [-0.05, 0) is 80.9 Å². The number of benzene rings is 1. The van der Waals surface area contributed by atoms with Crippen LogP contribution in [0.2, 0.25) is 0 Å². The molecule has 1 aromatic carbocycles. The maximum absolute atomic E-state index is 13.6. The molecule has 5 nitrogen and oxygen atoms in total. The number of rotatable bonds is 5. The minimum atomic E-state index is -4.62. The van der Waals surface area contributed by atoms with E-state index in [-0.39, 0.29) is 17.0 Å². The number of hydrogen-bond donors (Lipinski definition) is 1. The number of nitrogens with zero attached hydrogens (tertiary/aromatic N) is 4. The molecule has 3 aromatic heterocycles. The van der Waals surface area contributed by atoms with E-state index >= 15 is 0 Å². The summed E-state index contributed by atoms with van der Waals surface area (Å²) < 4.78 is 80.0. The van der Waals surface area contributed by atoms with E-state index in [0.717, 1.165) is 44.0 Å². The number of likely N-dealkylation sites (tertiary alicyclic amines) is 1. The molecule has 0 aliphatic carbocycles. The molecule has 1 unspecified atom stereocenters. The van der Waals surface area contributed by atoms with E-state index in [1.807, 2.05) is 6.07 Å². The molecule has 1 saturated heterocycles. The molecule has 0 amide bonds. The molecule has 1 fully saturated rings. The summed E-state index contributed by atoms with van der Waals surface area (Å²) in [5.74, 6) is 0. The molecule has 0 saturated carbocycles. The van der Waals surface area contributed by atoms with Gasteiger partial charge in [-0.25, -0.2) is 9.97 Å². The highest BCUT2D eigenvalue weighted by atomic mass is 19.4. The summed E-state index contributed by atoms with van der Waals surface area (Å²) in [6.07, 6.45) is -4.56. The molecule has 11 heteroatoms. The summed E-state index contributed by atoms with van der Waals surface area (Å²) >= 11 is 0. The van der Waals surface area contributed by atoms with Crippen LogP contribution >= 0.6 is 0 Å². The van der Waals surface area contributed by atoms with Crippen molar-refractivity contribution in [1.82, 2.24) is 19.9 Å². The van der Waals surface area contributed by atoms with Crippen LogP contribution in [0, 0.1) is 0 Å². The number of aromatic nitrogens is 3. The molecule has 0 radical (unpaired) electrons. The Bertz CT molecular complexity index is 1470. The van der Waals surface area contributed by atoms with Crippen LogP contribution in [-0.4, -0.2) is 32.4 Å². The summed E-state index contributed by atoms with van der Waals surface area (Å²) in [4.78, 5) is 15.4. The fourth-order valence-electron chi connectivity index (χ4n) is 4.81. The van der Waals surface area contributed by atoms with Crippen LogP contribution in [0.3, 0.4) is 0 Å².